The van der Waals surface area contributed by atoms with Gasteiger partial charge in [0.15, 0.2) is 5.96 Å². The first-order valence-corrected chi connectivity index (χ1v) is 10.4. The van der Waals surface area contributed by atoms with E-state index in [1.54, 1.807) is 16.9 Å². The molecule has 11 heteroatoms. The van der Waals surface area contributed by atoms with Crippen LogP contribution in [0.3, 0.4) is 0 Å². The minimum Gasteiger partial charge on any atom is -0.369 e. The fourth-order valence-electron chi connectivity index (χ4n) is 3.50. The van der Waals surface area contributed by atoms with E-state index in [4.69, 9.17) is 0 Å². The van der Waals surface area contributed by atoms with Crippen molar-refractivity contribution in [3.05, 3.63) is 47.3 Å². The van der Waals surface area contributed by atoms with Gasteiger partial charge in [-0.3, -0.25) is 4.68 Å². The van der Waals surface area contributed by atoms with Crippen LogP contribution in [0, 0.1) is 0 Å². The number of nitrogens with zero attached hydrogens (tertiary/aromatic N) is 5. The highest BCUT2D eigenvalue weighted by Crippen LogP contribution is 2.33. The van der Waals surface area contributed by atoms with Gasteiger partial charge in [0, 0.05) is 51.7 Å². The molecular formula is C21H31F3IN7. The molecule has 0 radical (unpaired) electrons. The number of hydrogen-bond donors (Lipinski definition) is 2. The summed E-state index contributed by atoms with van der Waals surface area (Å²) in [5, 5.41) is 10.5. The Morgan fingerprint density at radius 2 is 1.81 bits per heavy atom. The van der Waals surface area contributed by atoms with Gasteiger partial charge in [-0.15, -0.1) is 24.0 Å². The van der Waals surface area contributed by atoms with Crippen molar-refractivity contribution in [2.24, 2.45) is 12.0 Å². The topological polar surface area (TPSA) is 60.7 Å². The lowest BCUT2D eigenvalue weighted by molar-refractivity contribution is -0.137. The van der Waals surface area contributed by atoms with Gasteiger partial charge >= 0.3 is 6.18 Å². The Kier molecular flexibility index (Phi) is 9.62. The summed E-state index contributed by atoms with van der Waals surface area (Å²) < 4.78 is 41.8. The van der Waals surface area contributed by atoms with E-state index < -0.39 is 11.7 Å². The van der Waals surface area contributed by atoms with Crippen LogP contribution in [-0.4, -0.2) is 60.4 Å². The summed E-state index contributed by atoms with van der Waals surface area (Å²) in [5.41, 5.74) is 1.70. The molecule has 0 saturated carbocycles. The third kappa shape index (κ3) is 6.99. The summed E-state index contributed by atoms with van der Waals surface area (Å²) in [4.78, 5) is 8.92. The minimum atomic E-state index is -4.39. The first-order valence-electron chi connectivity index (χ1n) is 10.4. The van der Waals surface area contributed by atoms with Crippen LogP contribution < -0.4 is 15.5 Å². The average Bonchev–Trinajstić information content (AvgIpc) is 3.14. The van der Waals surface area contributed by atoms with Gasteiger partial charge in [-0.2, -0.15) is 18.3 Å². The Morgan fingerprint density at radius 1 is 1.09 bits per heavy atom. The SMILES string of the molecule is CCNC(=NCc1cc(C(F)(F)F)ccc1N1CCN(C)CC1)NCc1ccnn1C.I. The highest BCUT2D eigenvalue weighted by molar-refractivity contribution is 14.0. The standard InChI is InChI=1S/C21H30F3N7.HI/c1-4-25-20(27-15-18-7-8-28-30(18)3)26-14-16-13-17(21(22,23)24)5-6-19(16)31-11-9-29(2)10-12-31;/h5-8,13H,4,9-12,14-15H2,1-3H3,(H2,25,26,27);1H. The van der Waals surface area contributed by atoms with Gasteiger partial charge in [-0.05, 0) is 43.8 Å². The molecule has 0 unspecified atom stereocenters. The van der Waals surface area contributed by atoms with Crippen LogP contribution >= 0.6 is 24.0 Å². The van der Waals surface area contributed by atoms with Gasteiger partial charge in [0.1, 0.15) is 0 Å². The van der Waals surface area contributed by atoms with Gasteiger partial charge < -0.3 is 20.4 Å². The maximum Gasteiger partial charge on any atom is 0.416 e. The minimum absolute atomic E-state index is 0. The monoisotopic (exact) mass is 565 g/mol. The van der Waals surface area contributed by atoms with E-state index in [0.717, 1.165) is 43.6 Å². The third-order valence-corrected chi connectivity index (χ3v) is 5.36. The largest absolute Gasteiger partial charge is 0.416 e. The van der Waals surface area contributed by atoms with E-state index in [2.05, 4.69) is 30.5 Å². The van der Waals surface area contributed by atoms with E-state index in [1.165, 1.54) is 6.07 Å². The number of benzene rings is 1. The zero-order valence-electron chi connectivity index (χ0n) is 18.6. The van der Waals surface area contributed by atoms with Crippen molar-refractivity contribution in [1.82, 2.24) is 25.3 Å². The highest BCUT2D eigenvalue weighted by atomic mass is 127. The smallest absolute Gasteiger partial charge is 0.369 e. The van der Waals surface area contributed by atoms with Gasteiger partial charge in [0.2, 0.25) is 0 Å². The molecule has 0 bridgehead atoms. The number of piperazine rings is 1. The summed E-state index contributed by atoms with van der Waals surface area (Å²) in [6.07, 6.45) is -2.67. The number of hydrogen-bond acceptors (Lipinski definition) is 4. The number of halogens is 4. The van der Waals surface area contributed by atoms with Crippen molar-refractivity contribution in [2.75, 3.05) is 44.7 Å². The molecule has 1 fully saturated rings. The fraction of sp³-hybridized carbons (Fsp3) is 0.524. The van der Waals surface area contributed by atoms with Crippen molar-refractivity contribution in [2.45, 2.75) is 26.2 Å². The maximum absolute atomic E-state index is 13.3. The van der Waals surface area contributed by atoms with Gasteiger partial charge in [-0.25, -0.2) is 4.99 Å². The van der Waals surface area contributed by atoms with E-state index >= 15 is 0 Å². The van der Waals surface area contributed by atoms with Gasteiger partial charge in [-0.1, -0.05) is 0 Å². The highest BCUT2D eigenvalue weighted by Gasteiger charge is 2.31. The second-order valence-electron chi connectivity index (χ2n) is 7.63. The second-order valence-corrected chi connectivity index (χ2v) is 7.63. The first kappa shape index (κ1) is 26.2. The van der Waals surface area contributed by atoms with Crippen LogP contribution in [0.5, 0.6) is 0 Å². The Labute approximate surface area is 204 Å². The number of guanidine groups is 1. The zero-order valence-corrected chi connectivity index (χ0v) is 20.9. The van der Waals surface area contributed by atoms with Crippen LogP contribution in [0.25, 0.3) is 0 Å². The number of alkyl halides is 3. The molecule has 3 rings (SSSR count). The van der Waals surface area contributed by atoms with Crippen LogP contribution in [-0.2, 0) is 26.3 Å². The second kappa shape index (κ2) is 11.7. The first-order chi connectivity index (χ1) is 14.8. The maximum atomic E-state index is 13.3. The van der Waals surface area contributed by atoms with Crippen LogP contribution in [0.15, 0.2) is 35.5 Å². The number of aliphatic imine (C=N–C) groups is 1. The van der Waals surface area contributed by atoms with E-state index in [1.807, 2.05) is 27.1 Å². The molecule has 1 aromatic heterocycles. The third-order valence-electron chi connectivity index (χ3n) is 5.36. The van der Waals surface area contributed by atoms with Crippen molar-refractivity contribution in [3.63, 3.8) is 0 Å². The number of rotatable bonds is 6. The molecule has 178 valence electrons. The van der Waals surface area contributed by atoms with Crippen molar-refractivity contribution < 1.29 is 13.2 Å². The lowest BCUT2D eigenvalue weighted by Gasteiger charge is -2.35. The summed E-state index contributed by atoms with van der Waals surface area (Å²) in [7, 11) is 3.90. The van der Waals surface area contributed by atoms with Gasteiger partial charge in [0.25, 0.3) is 0 Å². The molecule has 0 aliphatic carbocycles. The summed E-state index contributed by atoms with van der Waals surface area (Å²) >= 11 is 0. The number of likely N-dealkylation sites (N-methyl/N-ethyl adjacent to an activating group) is 1. The van der Waals surface area contributed by atoms with Gasteiger partial charge in [0.05, 0.1) is 24.3 Å². The molecule has 1 aromatic carbocycles. The molecule has 32 heavy (non-hydrogen) atoms. The van der Waals surface area contributed by atoms with Crippen LogP contribution in [0.2, 0.25) is 0 Å². The molecule has 0 atom stereocenters. The Hall–Kier alpha value is -2.02. The molecule has 0 spiro atoms. The van der Waals surface area contributed by atoms with E-state index in [0.29, 0.717) is 24.6 Å². The molecule has 1 aliphatic heterocycles. The fourth-order valence-corrected chi connectivity index (χ4v) is 3.50. The van der Waals surface area contributed by atoms with Crippen LogP contribution in [0.1, 0.15) is 23.7 Å². The average molecular weight is 565 g/mol. The number of aromatic nitrogens is 2. The zero-order chi connectivity index (χ0) is 22.4. The van der Waals surface area contributed by atoms with E-state index in [-0.39, 0.29) is 30.5 Å². The summed E-state index contributed by atoms with van der Waals surface area (Å²) in [6.45, 7) is 6.54. The predicted octanol–water partition coefficient (Wildman–Crippen LogP) is 3.06. The Morgan fingerprint density at radius 3 is 2.41 bits per heavy atom. The molecule has 0 amide bonds. The lowest BCUT2D eigenvalue weighted by atomic mass is 10.1. The molecule has 2 heterocycles. The van der Waals surface area contributed by atoms with Crippen molar-refractivity contribution in [1.29, 1.82) is 0 Å². The normalized spacial score (nSPS) is 15.4. The number of aryl methyl sites for hydroxylation is 1. The molecule has 1 saturated heterocycles. The Bertz CT molecular complexity index is 890. The number of nitrogens with one attached hydrogen (secondary N) is 2. The van der Waals surface area contributed by atoms with Crippen LogP contribution in [0.4, 0.5) is 18.9 Å². The molecule has 2 aromatic rings. The molecular weight excluding hydrogens is 534 g/mol. The van der Waals surface area contributed by atoms with Crippen molar-refractivity contribution >= 4 is 35.6 Å². The lowest BCUT2D eigenvalue weighted by Crippen LogP contribution is -2.44. The summed E-state index contributed by atoms with van der Waals surface area (Å²) in [5.74, 6) is 0.547. The van der Waals surface area contributed by atoms with Crippen molar-refractivity contribution in [3.8, 4) is 0 Å². The predicted molar refractivity (Wildman–Crippen MR) is 131 cm³/mol. The molecule has 1 aliphatic rings. The molecule has 7 nitrogen and oxygen atoms in total. The molecule has 2 N–H and O–H groups in total. The number of anilines is 1. The van der Waals surface area contributed by atoms with E-state index in [9.17, 15) is 13.2 Å². The summed E-state index contributed by atoms with van der Waals surface area (Å²) in [6, 6.07) is 5.86. The Balaban J connectivity index is 0.00000363. The quantitative estimate of drug-likeness (QED) is 0.321.